The summed E-state index contributed by atoms with van der Waals surface area (Å²) in [5.74, 6) is 0.487. The number of hydrogen-bond donors (Lipinski definition) is 1. The van der Waals surface area contributed by atoms with Crippen molar-refractivity contribution in [1.29, 1.82) is 0 Å². The molecule has 0 bridgehead atoms. The van der Waals surface area contributed by atoms with Gasteiger partial charge in [-0.3, -0.25) is 10.1 Å². The van der Waals surface area contributed by atoms with Crippen LogP contribution in [-0.2, 0) is 0 Å². The van der Waals surface area contributed by atoms with E-state index in [1.165, 1.54) is 12.3 Å². The third-order valence-electron chi connectivity index (χ3n) is 3.26. The molecule has 8 heteroatoms. The minimum absolute atomic E-state index is 0.0893. The number of pyridine rings is 1. The van der Waals surface area contributed by atoms with Gasteiger partial charge in [0.25, 0.3) is 5.69 Å². The van der Waals surface area contributed by atoms with E-state index in [1.54, 1.807) is 0 Å². The molecule has 0 aromatic carbocycles. The number of nitrogens with zero attached hydrogens (tertiary/aromatic N) is 4. The van der Waals surface area contributed by atoms with Gasteiger partial charge in [-0.2, -0.15) is 0 Å². The average molecular weight is 301 g/mol. The molecule has 1 N–H and O–H groups in total. The van der Waals surface area contributed by atoms with E-state index in [-0.39, 0.29) is 16.8 Å². The highest BCUT2D eigenvalue weighted by atomic mass is 35.5. The number of hydrogen-bond acceptors (Lipinski definition) is 6. The first-order valence-corrected chi connectivity index (χ1v) is 6.65. The highest BCUT2D eigenvalue weighted by Gasteiger charge is 2.33. The van der Waals surface area contributed by atoms with Gasteiger partial charge < -0.3 is 14.9 Å². The Bertz CT molecular complexity index is 511. The molecule has 2 heterocycles. The van der Waals surface area contributed by atoms with Gasteiger partial charge in [-0.25, -0.2) is 4.98 Å². The molecule has 2 rings (SSSR count). The van der Waals surface area contributed by atoms with E-state index in [9.17, 15) is 15.2 Å². The second kappa shape index (κ2) is 5.90. The maximum Gasteiger partial charge on any atom is 0.289 e. The minimum atomic E-state index is -0.529. The van der Waals surface area contributed by atoms with E-state index in [2.05, 4.69) is 4.98 Å². The molecule has 1 saturated heterocycles. The maximum atomic E-state index is 10.7. The van der Waals surface area contributed by atoms with Crippen molar-refractivity contribution in [3.8, 4) is 0 Å². The van der Waals surface area contributed by atoms with Gasteiger partial charge in [0.15, 0.2) is 0 Å². The Hall–Kier alpha value is -1.44. The second-order valence-electron chi connectivity index (χ2n) is 5.21. The summed E-state index contributed by atoms with van der Waals surface area (Å²) < 4.78 is 0. The minimum Gasteiger partial charge on any atom is -0.391 e. The van der Waals surface area contributed by atoms with Crippen LogP contribution < -0.4 is 4.90 Å². The number of aliphatic hydroxyl groups is 1. The number of aromatic nitrogens is 1. The first-order chi connectivity index (χ1) is 9.38. The Morgan fingerprint density at radius 3 is 2.90 bits per heavy atom. The molecule has 7 nitrogen and oxygen atoms in total. The van der Waals surface area contributed by atoms with Crippen LogP contribution in [0, 0.1) is 10.1 Å². The lowest BCUT2D eigenvalue weighted by Gasteiger charge is -2.28. The summed E-state index contributed by atoms with van der Waals surface area (Å²) in [5, 5.41) is 20.8. The van der Waals surface area contributed by atoms with E-state index in [0.717, 1.165) is 6.54 Å². The van der Waals surface area contributed by atoms with Crippen LogP contribution in [-0.4, -0.2) is 59.2 Å². The molecule has 0 saturated carbocycles. The molecular weight excluding hydrogens is 284 g/mol. The van der Waals surface area contributed by atoms with Gasteiger partial charge in [0.1, 0.15) is 12.0 Å². The van der Waals surface area contributed by atoms with E-state index < -0.39 is 11.0 Å². The van der Waals surface area contributed by atoms with Crippen molar-refractivity contribution in [3.05, 3.63) is 27.4 Å². The van der Waals surface area contributed by atoms with E-state index in [0.29, 0.717) is 18.8 Å². The van der Waals surface area contributed by atoms with E-state index in [4.69, 9.17) is 11.6 Å². The van der Waals surface area contributed by atoms with Gasteiger partial charge in [0.05, 0.1) is 16.0 Å². The molecule has 1 aliphatic rings. The lowest BCUT2D eigenvalue weighted by molar-refractivity contribution is -0.385. The quantitative estimate of drug-likeness (QED) is 0.663. The molecule has 1 aliphatic heterocycles. The van der Waals surface area contributed by atoms with Crippen molar-refractivity contribution in [2.24, 2.45) is 0 Å². The summed E-state index contributed by atoms with van der Waals surface area (Å²) >= 11 is 6.10. The summed E-state index contributed by atoms with van der Waals surface area (Å²) in [6, 6.07) is 1.38. The first kappa shape index (κ1) is 15.0. The van der Waals surface area contributed by atoms with Crippen molar-refractivity contribution in [1.82, 2.24) is 9.88 Å². The van der Waals surface area contributed by atoms with E-state index >= 15 is 0 Å². The molecule has 0 amide bonds. The zero-order valence-electron chi connectivity index (χ0n) is 11.4. The fourth-order valence-corrected chi connectivity index (χ4v) is 2.75. The molecule has 0 radical (unpaired) electrons. The van der Waals surface area contributed by atoms with Crippen LogP contribution in [0.25, 0.3) is 0 Å². The van der Waals surface area contributed by atoms with Crippen LogP contribution in [0.4, 0.5) is 11.5 Å². The zero-order chi connectivity index (χ0) is 14.9. The molecule has 1 fully saturated rings. The predicted molar refractivity (Wildman–Crippen MR) is 76.2 cm³/mol. The molecule has 1 aromatic rings. The van der Waals surface area contributed by atoms with Crippen molar-refractivity contribution >= 4 is 23.1 Å². The third kappa shape index (κ3) is 3.17. The summed E-state index contributed by atoms with van der Waals surface area (Å²) in [4.78, 5) is 18.2. The predicted octanol–water partition coefficient (Wildman–Crippen LogP) is 1.14. The van der Waals surface area contributed by atoms with Crippen LogP contribution in [0.15, 0.2) is 12.3 Å². The standard InChI is InChI=1S/C12H17ClN4O3/c1-15(2)6-9-3-10(18)7-16(9)12-11(13)4-8(5-14-12)17(19)20/h4-5,9-10,18H,3,6-7H2,1-2H3. The largest absolute Gasteiger partial charge is 0.391 e. The van der Waals surface area contributed by atoms with Crippen LogP contribution >= 0.6 is 11.6 Å². The maximum absolute atomic E-state index is 10.7. The molecule has 20 heavy (non-hydrogen) atoms. The highest BCUT2D eigenvalue weighted by Crippen LogP contribution is 2.32. The smallest absolute Gasteiger partial charge is 0.289 e. The Labute approximate surface area is 121 Å². The van der Waals surface area contributed by atoms with E-state index in [1.807, 2.05) is 23.9 Å². The fourth-order valence-electron chi connectivity index (χ4n) is 2.48. The number of aliphatic hydroxyl groups excluding tert-OH is 1. The van der Waals surface area contributed by atoms with Crippen LogP contribution in [0.3, 0.4) is 0 Å². The summed E-state index contributed by atoms with van der Waals surface area (Å²) in [7, 11) is 3.90. The Morgan fingerprint density at radius 2 is 2.35 bits per heavy atom. The van der Waals surface area contributed by atoms with Gasteiger partial charge in [-0.05, 0) is 20.5 Å². The van der Waals surface area contributed by atoms with Crippen molar-refractivity contribution in [2.75, 3.05) is 32.1 Å². The number of β-amino-alcohol motifs (C(OH)–C–C–N with tert-alkyl or cyclic N) is 1. The Kier molecular flexibility index (Phi) is 4.42. The molecule has 0 spiro atoms. The molecule has 2 unspecified atom stereocenters. The lowest BCUT2D eigenvalue weighted by atomic mass is 10.2. The fraction of sp³-hybridized carbons (Fsp3) is 0.583. The zero-order valence-corrected chi connectivity index (χ0v) is 12.1. The topological polar surface area (TPSA) is 82.7 Å². The van der Waals surface area contributed by atoms with Gasteiger partial charge in [-0.15, -0.1) is 0 Å². The number of likely N-dealkylation sites (N-methyl/N-ethyl adjacent to an activating group) is 1. The first-order valence-electron chi connectivity index (χ1n) is 6.28. The van der Waals surface area contributed by atoms with Crippen molar-refractivity contribution in [2.45, 2.75) is 18.6 Å². The van der Waals surface area contributed by atoms with Gasteiger partial charge >= 0.3 is 0 Å². The summed E-state index contributed by atoms with van der Waals surface area (Å²) in [6.07, 6.45) is 1.39. The van der Waals surface area contributed by atoms with Gasteiger partial charge in [0.2, 0.25) is 0 Å². The number of nitro groups is 1. The number of anilines is 1. The molecule has 1 aromatic heterocycles. The average Bonchev–Trinajstić information content (AvgIpc) is 2.68. The molecule has 0 aliphatic carbocycles. The molecule has 110 valence electrons. The highest BCUT2D eigenvalue weighted by molar-refractivity contribution is 6.33. The number of halogens is 1. The van der Waals surface area contributed by atoms with Crippen LogP contribution in [0.1, 0.15) is 6.42 Å². The van der Waals surface area contributed by atoms with Crippen molar-refractivity contribution < 1.29 is 10.0 Å². The summed E-state index contributed by atoms with van der Waals surface area (Å²) in [6.45, 7) is 1.19. The Balaban J connectivity index is 2.27. The second-order valence-corrected chi connectivity index (χ2v) is 5.62. The molecule has 2 atom stereocenters. The van der Waals surface area contributed by atoms with Crippen LogP contribution in [0.2, 0.25) is 5.02 Å². The van der Waals surface area contributed by atoms with Gasteiger partial charge in [0, 0.05) is 25.2 Å². The normalized spacial score (nSPS) is 22.6. The molecular formula is C12H17ClN4O3. The Morgan fingerprint density at radius 1 is 1.65 bits per heavy atom. The monoisotopic (exact) mass is 300 g/mol. The lowest BCUT2D eigenvalue weighted by Crippen LogP contribution is -2.38. The third-order valence-corrected chi connectivity index (χ3v) is 3.54. The SMILES string of the molecule is CN(C)CC1CC(O)CN1c1ncc([N+](=O)[O-])cc1Cl. The van der Waals surface area contributed by atoms with Crippen molar-refractivity contribution in [3.63, 3.8) is 0 Å². The number of rotatable bonds is 4. The van der Waals surface area contributed by atoms with Crippen LogP contribution in [0.5, 0.6) is 0 Å². The summed E-state index contributed by atoms with van der Waals surface area (Å²) in [5.41, 5.74) is -0.136. The van der Waals surface area contributed by atoms with Gasteiger partial charge in [-0.1, -0.05) is 11.6 Å².